The highest BCUT2D eigenvalue weighted by Gasteiger charge is 2.61. The minimum atomic E-state index is -1.15. The number of nitrogens with one attached hydrogen (secondary N) is 2. The summed E-state index contributed by atoms with van der Waals surface area (Å²) in [6, 6.07) is 15.4. The third kappa shape index (κ3) is 2.65. The number of carbonyl (C=O) groups excluding carboxylic acids is 2. The van der Waals surface area contributed by atoms with Gasteiger partial charge in [-0.2, -0.15) is 0 Å². The highest BCUT2D eigenvalue weighted by molar-refractivity contribution is 5.97. The lowest BCUT2D eigenvalue weighted by Gasteiger charge is -2.53. The van der Waals surface area contributed by atoms with Crippen LogP contribution in [0.5, 0.6) is 0 Å². The fourth-order valence-electron chi connectivity index (χ4n) is 5.36. The third-order valence-electron chi connectivity index (χ3n) is 6.66. The molecule has 8 heteroatoms. The summed E-state index contributed by atoms with van der Waals surface area (Å²) >= 11 is 0. The fourth-order valence-corrected chi connectivity index (χ4v) is 5.36. The molecule has 0 fully saturated rings. The number of amides is 1. The summed E-state index contributed by atoms with van der Waals surface area (Å²) in [5.41, 5.74) is 1.54. The Bertz CT molecular complexity index is 1200. The number of rotatable bonds is 5. The first kappa shape index (κ1) is 20.1. The summed E-state index contributed by atoms with van der Waals surface area (Å²) < 4.78 is 4.95. The van der Waals surface area contributed by atoms with Gasteiger partial charge in [-0.05, 0) is 42.5 Å². The molecular formula is C24H22N4O4. The molecule has 0 saturated carbocycles. The standard InChI is InChI=1S/C24H22N4O4/c1-3-32-20(29)18-12-25-22(26-18)27-21(30)23(2)13-24(28-31)16-10-6-4-8-14(16)19(23)15-9-5-7-11-17(15)24/h4-12,19H,3,13H2,1-2H3,(H2,25,26,27,30). The van der Waals surface area contributed by atoms with Gasteiger partial charge in [0, 0.05) is 12.1 Å². The van der Waals surface area contributed by atoms with Crippen molar-refractivity contribution >= 4 is 17.8 Å². The number of ether oxygens (including phenoxy) is 1. The lowest BCUT2D eigenvalue weighted by atomic mass is 9.49. The van der Waals surface area contributed by atoms with Crippen molar-refractivity contribution in [3.8, 4) is 0 Å². The van der Waals surface area contributed by atoms with Crippen LogP contribution in [-0.4, -0.2) is 28.5 Å². The second-order valence-electron chi connectivity index (χ2n) is 8.46. The minimum absolute atomic E-state index is 0.0826. The van der Waals surface area contributed by atoms with Crippen molar-refractivity contribution in [2.45, 2.75) is 31.7 Å². The summed E-state index contributed by atoms with van der Waals surface area (Å²) in [6.45, 7) is 3.79. The molecule has 0 spiro atoms. The molecule has 6 rings (SSSR count). The molecule has 2 aromatic carbocycles. The number of carbonyl (C=O) groups is 2. The van der Waals surface area contributed by atoms with Gasteiger partial charge >= 0.3 is 5.97 Å². The van der Waals surface area contributed by atoms with Gasteiger partial charge in [-0.1, -0.05) is 53.7 Å². The Labute approximate surface area is 184 Å². The first-order valence-corrected chi connectivity index (χ1v) is 10.5. The van der Waals surface area contributed by atoms with E-state index in [1.807, 2.05) is 55.5 Å². The number of hydrogen-bond acceptors (Lipinski definition) is 6. The number of benzene rings is 2. The highest BCUT2D eigenvalue weighted by Crippen LogP contribution is 2.64. The van der Waals surface area contributed by atoms with Crippen LogP contribution >= 0.6 is 0 Å². The van der Waals surface area contributed by atoms with Crippen LogP contribution in [0.1, 0.15) is 58.9 Å². The SMILES string of the molecule is CCOC(=O)c1c[nH]c(NC(=O)C2(C)CC3(N=O)c4ccccc4C2c2ccccc23)n1. The molecule has 1 aromatic heterocycles. The van der Waals surface area contributed by atoms with Crippen LogP contribution in [0.2, 0.25) is 0 Å². The first-order chi connectivity index (χ1) is 15.4. The number of nitrogens with zero attached hydrogens (tertiary/aromatic N) is 2. The van der Waals surface area contributed by atoms with Gasteiger partial charge in [-0.15, -0.1) is 4.91 Å². The maximum atomic E-state index is 13.6. The normalized spacial score (nSPS) is 24.9. The second-order valence-corrected chi connectivity index (χ2v) is 8.46. The van der Waals surface area contributed by atoms with Gasteiger partial charge in [0.1, 0.15) is 0 Å². The smallest absolute Gasteiger partial charge is 0.358 e. The molecular weight excluding hydrogens is 408 g/mol. The maximum Gasteiger partial charge on any atom is 0.358 e. The lowest BCUT2D eigenvalue weighted by molar-refractivity contribution is -0.127. The quantitative estimate of drug-likeness (QED) is 0.467. The largest absolute Gasteiger partial charge is 0.461 e. The van der Waals surface area contributed by atoms with Gasteiger partial charge < -0.3 is 9.72 Å². The van der Waals surface area contributed by atoms with E-state index >= 15 is 0 Å². The van der Waals surface area contributed by atoms with E-state index < -0.39 is 16.9 Å². The lowest BCUT2D eigenvalue weighted by Crippen LogP contribution is -2.53. The molecule has 32 heavy (non-hydrogen) atoms. The Hall–Kier alpha value is -3.81. The molecule has 3 aliphatic rings. The fraction of sp³-hybridized carbons (Fsp3) is 0.292. The molecule has 1 unspecified atom stereocenters. The summed E-state index contributed by atoms with van der Waals surface area (Å²) in [4.78, 5) is 44.9. The summed E-state index contributed by atoms with van der Waals surface area (Å²) in [6.07, 6.45) is 1.63. The van der Waals surface area contributed by atoms with Crippen molar-refractivity contribution in [1.29, 1.82) is 0 Å². The number of imidazole rings is 1. The molecule has 3 aliphatic carbocycles. The van der Waals surface area contributed by atoms with Crippen molar-refractivity contribution in [3.63, 3.8) is 0 Å². The van der Waals surface area contributed by atoms with Gasteiger partial charge in [0.25, 0.3) is 0 Å². The Morgan fingerprint density at radius 2 is 1.78 bits per heavy atom. The summed E-state index contributed by atoms with van der Waals surface area (Å²) in [7, 11) is 0. The zero-order chi connectivity index (χ0) is 22.5. The highest BCUT2D eigenvalue weighted by atomic mass is 16.5. The topological polar surface area (TPSA) is 114 Å². The first-order valence-electron chi connectivity index (χ1n) is 10.5. The van der Waals surface area contributed by atoms with E-state index in [0.717, 1.165) is 22.3 Å². The monoisotopic (exact) mass is 430 g/mol. The van der Waals surface area contributed by atoms with Crippen molar-refractivity contribution < 1.29 is 14.3 Å². The zero-order valence-corrected chi connectivity index (χ0v) is 17.7. The molecule has 8 nitrogen and oxygen atoms in total. The van der Waals surface area contributed by atoms with Gasteiger partial charge in [-0.3, -0.25) is 10.1 Å². The van der Waals surface area contributed by atoms with Crippen molar-refractivity contribution in [2.75, 3.05) is 11.9 Å². The molecule has 0 aliphatic heterocycles. The number of aromatic amines is 1. The maximum absolute atomic E-state index is 13.6. The van der Waals surface area contributed by atoms with Crippen LogP contribution in [-0.2, 0) is 15.1 Å². The summed E-state index contributed by atoms with van der Waals surface area (Å²) in [5.74, 6) is -0.975. The molecule has 1 heterocycles. The number of anilines is 1. The minimum Gasteiger partial charge on any atom is -0.461 e. The van der Waals surface area contributed by atoms with E-state index in [-0.39, 0.29) is 36.5 Å². The average Bonchev–Trinajstić information content (AvgIpc) is 3.28. The molecule has 2 N–H and O–H groups in total. The molecule has 162 valence electrons. The van der Waals surface area contributed by atoms with Crippen LogP contribution < -0.4 is 5.32 Å². The van der Waals surface area contributed by atoms with Gasteiger partial charge in [0.05, 0.1) is 12.0 Å². The average molecular weight is 430 g/mol. The number of H-pyrrole nitrogens is 1. The van der Waals surface area contributed by atoms with E-state index in [4.69, 9.17) is 4.74 Å². The Morgan fingerprint density at radius 3 is 2.38 bits per heavy atom. The van der Waals surface area contributed by atoms with Crippen LogP contribution in [0.4, 0.5) is 5.95 Å². The number of fused-ring (bicyclic) bond motifs is 1. The molecule has 2 bridgehead atoms. The number of nitroso groups, excluding NO2 is 1. The van der Waals surface area contributed by atoms with Gasteiger partial charge in [-0.25, -0.2) is 9.78 Å². The number of hydrogen-bond donors (Lipinski definition) is 2. The number of esters is 1. The van der Waals surface area contributed by atoms with Crippen LogP contribution in [0.3, 0.4) is 0 Å². The van der Waals surface area contributed by atoms with Crippen molar-refractivity contribution in [3.05, 3.63) is 87.6 Å². The van der Waals surface area contributed by atoms with Gasteiger partial charge in [0.2, 0.25) is 11.9 Å². The molecule has 0 radical (unpaired) electrons. The molecule has 1 atom stereocenters. The molecule has 3 aromatic rings. The van der Waals surface area contributed by atoms with E-state index in [2.05, 4.69) is 20.5 Å². The second kappa shape index (κ2) is 7.12. The Morgan fingerprint density at radius 1 is 1.16 bits per heavy atom. The van der Waals surface area contributed by atoms with Gasteiger partial charge in [0.15, 0.2) is 11.2 Å². The van der Waals surface area contributed by atoms with E-state index in [1.165, 1.54) is 6.20 Å². The van der Waals surface area contributed by atoms with Crippen LogP contribution in [0.15, 0.2) is 59.9 Å². The zero-order valence-electron chi connectivity index (χ0n) is 17.7. The predicted octanol–water partition coefficient (Wildman–Crippen LogP) is 4.09. The predicted molar refractivity (Wildman–Crippen MR) is 117 cm³/mol. The number of aromatic nitrogens is 2. The molecule has 0 saturated heterocycles. The van der Waals surface area contributed by atoms with Crippen molar-refractivity contribution in [1.82, 2.24) is 9.97 Å². The van der Waals surface area contributed by atoms with E-state index in [0.29, 0.717) is 0 Å². The van der Waals surface area contributed by atoms with E-state index in [1.54, 1.807) is 6.92 Å². The van der Waals surface area contributed by atoms with Crippen LogP contribution in [0, 0.1) is 10.3 Å². The van der Waals surface area contributed by atoms with Crippen LogP contribution in [0.25, 0.3) is 0 Å². The molecule has 1 amide bonds. The Kier molecular flexibility index (Phi) is 4.47. The Balaban J connectivity index is 1.57. The summed E-state index contributed by atoms with van der Waals surface area (Å²) in [5, 5.41) is 6.44. The van der Waals surface area contributed by atoms with E-state index in [9.17, 15) is 14.5 Å². The van der Waals surface area contributed by atoms with Crippen molar-refractivity contribution in [2.24, 2.45) is 10.6 Å². The third-order valence-corrected chi connectivity index (χ3v) is 6.66.